The lowest BCUT2D eigenvalue weighted by Crippen LogP contribution is -2.28. The van der Waals surface area contributed by atoms with Crippen molar-refractivity contribution in [1.82, 2.24) is 5.32 Å². The Kier molecular flexibility index (Phi) is 2.85. The lowest BCUT2D eigenvalue weighted by atomic mass is 9.84. The van der Waals surface area contributed by atoms with Gasteiger partial charge in [0.2, 0.25) is 0 Å². The van der Waals surface area contributed by atoms with Crippen molar-refractivity contribution in [3.05, 3.63) is 0 Å². The number of rotatable bonds is 3. The average Bonchev–Trinajstić information content (AvgIpc) is 2.58. The van der Waals surface area contributed by atoms with Crippen LogP contribution < -0.4 is 5.32 Å². The highest BCUT2D eigenvalue weighted by Crippen LogP contribution is 2.38. The van der Waals surface area contributed by atoms with E-state index in [9.17, 15) is 0 Å². The van der Waals surface area contributed by atoms with E-state index in [0.717, 1.165) is 17.9 Å². The predicted octanol–water partition coefficient (Wildman–Crippen LogP) is 2.44. The van der Waals surface area contributed by atoms with Gasteiger partial charge in [-0.2, -0.15) is 0 Å². The highest BCUT2D eigenvalue weighted by atomic mass is 127. The number of alkyl halides is 1. The molecule has 66 valence electrons. The van der Waals surface area contributed by atoms with Crippen LogP contribution in [0, 0.1) is 11.8 Å². The van der Waals surface area contributed by atoms with Crippen LogP contribution in [-0.2, 0) is 0 Å². The van der Waals surface area contributed by atoms with Crippen LogP contribution in [0.4, 0.5) is 0 Å². The molecule has 4 unspecified atom stereocenters. The third kappa shape index (κ3) is 1.72. The summed E-state index contributed by atoms with van der Waals surface area (Å²) in [5.41, 5.74) is 0.435. The highest BCUT2D eigenvalue weighted by molar-refractivity contribution is 14.1. The van der Waals surface area contributed by atoms with E-state index >= 15 is 0 Å². The van der Waals surface area contributed by atoms with E-state index in [4.69, 9.17) is 0 Å². The molecule has 0 amide bonds. The Hall–Kier alpha value is 0.690. The zero-order chi connectivity index (χ0) is 8.65. The Morgan fingerprint density at radius 1 is 1.55 bits per heavy atom. The van der Waals surface area contributed by atoms with E-state index in [1.165, 1.54) is 4.43 Å². The summed E-state index contributed by atoms with van der Waals surface area (Å²) in [4.78, 5) is 0. The molecule has 0 saturated carbocycles. The van der Waals surface area contributed by atoms with Gasteiger partial charge >= 0.3 is 0 Å². The van der Waals surface area contributed by atoms with E-state index in [1.54, 1.807) is 0 Å². The molecule has 0 bridgehead atoms. The molecule has 0 spiro atoms. The summed E-state index contributed by atoms with van der Waals surface area (Å²) in [6.45, 7) is 9.32. The first-order valence-corrected chi connectivity index (χ1v) is 5.88. The molecule has 1 aliphatic heterocycles. The van der Waals surface area contributed by atoms with Crippen molar-refractivity contribution < 1.29 is 0 Å². The van der Waals surface area contributed by atoms with E-state index in [2.05, 4.69) is 55.6 Å². The fourth-order valence-corrected chi connectivity index (χ4v) is 2.44. The molecule has 1 rings (SSSR count). The van der Waals surface area contributed by atoms with Gasteiger partial charge in [-0.15, -0.1) is 0 Å². The average molecular weight is 267 g/mol. The van der Waals surface area contributed by atoms with Crippen molar-refractivity contribution in [1.29, 1.82) is 0 Å². The van der Waals surface area contributed by atoms with Crippen LogP contribution in [0.15, 0.2) is 0 Å². The lowest BCUT2D eigenvalue weighted by molar-refractivity contribution is 0.338. The normalized spacial score (nSPS) is 41.7. The largest absolute Gasteiger partial charge is 0.305 e. The minimum Gasteiger partial charge on any atom is -0.305 e. The van der Waals surface area contributed by atoms with Crippen LogP contribution in [0.3, 0.4) is 0 Å². The molecule has 0 aliphatic carbocycles. The molecule has 0 aromatic rings. The van der Waals surface area contributed by atoms with Gasteiger partial charge in [-0.05, 0) is 25.7 Å². The van der Waals surface area contributed by atoms with Gasteiger partial charge in [-0.3, -0.25) is 0 Å². The minimum absolute atomic E-state index is 0.435. The summed E-state index contributed by atoms with van der Waals surface area (Å²) in [5, 5.41) is 3.52. The summed E-state index contributed by atoms with van der Waals surface area (Å²) >= 11 is 2.48. The fourth-order valence-electron chi connectivity index (χ4n) is 1.68. The second-order valence-corrected chi connectivity index (χ2v) is 4.95. The monoisotopic (exact) mass is 267 g/mol. The molecular weight excluding hydrogens is 249 g/mol. The van der Waals surface area contributed by atoms with Gasteiger partial charge < -0.3 is 5.32 Å². The molecule has 1 fully saturated rings. The molecule has 1 saturated heterocycles. The number of hydrogen-bond acceptors (Lipinski definition) is 1. The minimum atomic E-state index is 0.435. The zero-order valence-electron chi connectivity index (χ0n) is 7.82. The van der Waals surface area contributed by atoms with Crippen molar-refractivity contribution in [2.45, 2.75) is 39.3 Å². The lowest BCUT2D eigenvalue weighted by Gasteiger charge is -2.23. The zero-order valence-corrected chi connectivity index (χ0v) is 9.97. The predicted molar refractivity (Wildman–Crippen MR) is 58.2 cm³/mol. The van der Waals surface area contributed by atoms with Crippen molar-refractivity contribution >= 4 is 22.6 Å². The van der Waals surface area contributed by atoms with Gasteiger partial charge in [-0.25, -0.2) is 0 Å². The van der Waals surface area contributed by atoms with Gasteiger partial charge in [0.15, 0.2) is 0 Å². The number of halogens is 1. The topological polar surface area (TPSA) is 21.9 Å². The second-order valence-electron chi connectivity index (χ2n) is 4.07. The second kappa shape index (κ2) is 3.21. The summed E-state index contributed by atoms with van der Waals surface area (Å²) in [5.74, 6) is 1.63. The summed E-state index contributed by atoms with van der Waals surface area (Å²) in [6.07, 6.45) is 0. The van der Waals surface area contributed by atoms with Crippen LogP contribution in [0.25, 0.3) is 0 Å². The standard InChI is InChI=1S/C9H18IN/c1-6(5-10)7(2)9(4)8(3)11-9/h6-8,11H,5H2,1-4H3. The summed E-state index contributed by atoms with van der Waals surface area (Å²) in [7, 11) is 0. The van der Waals surface area contributed by atoms with Crippen LogP contribution in [0.1, 0.15) is 27.7 Å². The Morgan fingerprint density at radius 2 is 2.00 bits per heavy atom. The van der Waals surface area contributed by atoms with Gasteiger partial charge in [0, 0.05) is 16.0 Å². The molecule has 0 aromatic carbocycles. The van der Waals surface area contributed by atoms with E-state index in [-0.39, 0.29) is 0 Å². The fraction of sp³-hybridized carbons (Fsp3) is 1.00. The van der Waals surface area contributed by atoms with E-state index in [1.807, 2.05) is 0 Å². The highest BCUT2D eigenvalue weighted by Gasteiger charge is 2.50. The van der Waals surface area contributed by atoms with Gasteiger partial charge in [0.05, 0.1) is 0 Å². The van der Waals surface area contributed by atoms with Crippen molar-refractivity contribution in [3.8, 4) is 0 Å². The maximum Gasteiger partial charge on any atom is 0.0335 e. The summed E-state index contributed by atoms with van der Waals surface area (Å²) in [6, 6.07) is 0.725. The van der Waals surface area contributed by atoms with Gasteiger partial charge in [0.25, 0.3) is 0 Å². The van der Waals surface area contributed by atoms with Crippen LogP contribution >= 0.6 is 22.6 Å². The van der Waals surface area contributed by atoms with Crippen LogP contribution in [-0.4, -0.2) is 16.0 Å². The van der Waals surface area contributed by atoms with Crippen LogP contribution in [0.2, 0.25) is 0 Å². The Balaban J connectivity index is 2.48. The van der Waals surface area contributed by atoms with Crippen molar-refractivity contribution in [2.75, 3.05) is 4.43 Å². The van der Waals surface area contributed by atoms with Crippen LogP contribution in [0.5, 0.6) is 0 Å². The maximum atomic E-state index is 3.52. The molecular formula is C9H18IN. The first-order valence-electron chi connectivity index (χ1n) is 4.36. The molecule has 1 N–H and O–H groups in total. The third-order valence-electron chi connectivity index (χ3n) is 3.39. The number of nitrogens with one attached hydrogen (secondary N) is 1. The molecule has 0 radical (unpaired) electrons. The molecule has 1 heterocycles. The van der Waals surface area contributed by atoms with E-state index in [0.29, 0.717) is 5.54 Å². The quantitative estimate of drug-likeness (QED) is 0.473. The smallest absolute Gasteiger partial charge is 0.0335 e. The van der Waals surface area contributed by atoms with Gasteiger partial charge in [-0.1, -0.05) is 36.4 Å². The SMILES string of the molecule is CC(CI)C(C)C1(C)NC1C. The maximum absolute atomic E-state index is 3.52. The Labute approximate surface area is 83.5 Å². The molecule has 1 nitrogen and oxygen atoms in total. The molecule has 4 atom stereocenters. The first-order chi connectivity index (χ1) is 5.02. The Bertz CT molecular complexity index is 148. The van der Waals surface area contributed by atoms with Crippen molar-refractivity contribution in [2.24, 2.45) is 11.8 Å². The van der Waals surface area contributed by atoms with E-state index < -0.39 is 0 Å². The van der Waals surface area contributed by atoms with Crippen molar-refractivity contribution in [3.63, 3.8) is 0 Å². The molecule has 2 heteroatoms. The third-order valence-corrected chi connectivity index (χ3v) is 4.78. The Morgan fingerprint density at radius 3 is 2.27 bits per heavy atom. The molecule has 1 aliphatic rings. The first kappa shape index (κ1) is 9.78. The molecule has 0 aromatic heterocycles. The molecule has 11 heavy (non-hydrogen) atoms. The number of hydrogen-bond donors (Lipinski definition) is 1. The summed E-state index contributed by atoms with van der Waals surface area (Å²) < 4.78 is 1.27. The van der Waals surface area contributed by atoms with Gasteiger partial charge in [0.1, 0.15) is 0 Å².